The normalized spacial score (nSPS) is 11.4. The Balaban J connectivity index is 0.000000203. The number of benzene rings is 3. The first kappa shape index (κ1) is 36.9. The molecular weight excluding hydrogens is 734 g/mol. The van der Waals surface area contributed by atoms with E-state index in [0.29, 0.717) is 10.6 Å². The number of methoxy groups -OCH3 is 1. The molecule has 0 unspecified atom stereocenters. The molecule has 0 aliphatic heterocycles. The van der Waals surface area contributed by atoms with Crippen molar-refractivity contribution in [2.75, 3.05) is 17.1 Å². The van der Waals surface area contributed by atoms with Crippen molar-refractivity contribution in [1.29, 1.82) is 0 Å². The van der Waals surface area contributed by atoms with Gasteiger partial charge in [0.05, 0.1) is 24.6 Å². The second kappa shape index (κ2) is 14.8. The number of ether oxygens (including phenoxy) is 2. The number of nitrogens with one attached hydrogen (secondary N) is 2. The number of alkyl halides is 3. The number of hydrogen-bond acceptors (Lipinski definition) is 9. The van der Waals surface area contributed by atoms with Gasteiger partial charge in [-0.2, -0.15) is 31.1 Å². The molecule has 6 rings (SSSR count). The first-order valence-corrected chi connectivity index (χ1v) is 15.5. The van der Waals surface area contributed by atoms with Crippen LogP contribution in [0.4, 0.5) is 46.5 Å². The van der Waals surface area contributed by atoms with Gasteiger partial charge in [0, 0.05) is 12.3 Å². The molecule has 0 radical (unpaired) electrons. The molecule has 1 amide bonds. The summed E-state index contributed by atoms with van der Waals surface area (Å²) in [4.78, 5) is 23.3. The fourth-order valence-corrected chi connectivity index (χ4v) is 5.06. The van der Waals surface area contributed by atoms with E-state index in [-0.39, 0.29) is 28.9 Å². The van der Waals surface area contributed by atoms with Gasteiger partial charge in [0.1, 0.15) is 40.3 Å². The zero-order chi connectivity index (χ0) is 37.8. The number of amides is 1. The van der Waals surface area contributed by atoms with Crippen LogP contribution in [-0.2, 0) is 16.2 Å². The molecule has 2 N–H and O–H groups in total. The summed E-state index contributed by atoms with van der Waals surface area (Å²) in [5, 5.41) is 4.88. The highest BCUT2D eigenvalue weighted by atomic mass is 32.2. The molecular formula is C31H19F8N7O5S. The molecule has 21 heteroatoms. The van der Waals surface area contributed by atoms with E-state index in [1.807, 2.05) is 0 Å². The second-order valence-corrected chi connectivity index (χ2v) is 11.6. The van der Waals surface area contributed by atoms with Gasteiger partial charge in [0.25, 0.3) is 21.1 Å². The fourth-order valence-electron chi connectivity index (χ4n) is 4.11. The van der Waals surface area contributed by atoms with Gasteiger partial charge in [0.2, 0.25) is 5.88 Å². The molecule has 12 nitrogen and oxygen atoms in total. The van der Waals surface area contributed by atoms with Gasteiger partial charge in [-0.25, -0.2) is 31.9 Å². The van der Waals surface area contributed by atoms with Crippen molar-refractivity contribution in [3.63, 3.8) is 0 Å². The zero-order valence-electron chi connectivity index (χ0n) is 25.8. The van der Waals surface area contributed by atoms with Gasteiger partial charge < -0.3 is 14.8 Å². The van der Waals surface area contributed by atoms with E-state index >= 15 is 0 Å². The fraction of sp³-hybridized carbons (Fsp3) is 0.0645. The minimum Gasteiger partial charge on any atom is -0.467 e. The van der Waals surface area contributed by atoms with Crippen LogP contribution in [0.1, 0.15) is 15.9 Å². The van der Waals surface area contributed by atoms with E-state index in [1.165, 1.54) is 31.5 Å². The summed E-state index contributed by atoms with van der Waals surface area (Å²) in [5.74, 6) is -6.32. The SMILES string of the molecule is COc1ncc(F)c2nc(S(=O)(=O)Nc3c(F)cccc3F)nn12.O=C(Nc1ccc(F)cc1F)c1cccnc1Oc1cccc(C(F)(F)F)c1. The van der Waals surface area contributed by atoms with Crippen LogP contribution >= 0.6 is 0 Å². The maximum Gasteiger partial charge on any atom is 0.416 e. The predicted octanol–water partition coefficient (Wildman–Crippen LogP) is 6.77. The number of para-hydroxylation sites is 1. The lowest BCUT2D eigenvalue weighted by Gasteiger charge is -2.12. The summed E-state index contributed by atoms with van der Waals surface area (Å²) in [5.41, 5.74) is -2.73. The Labute approximate surface area is 286 Å². The number of nitrogens with zero attached hydrogens (tertiary/aromatic N) is 5. The third-order valence-electron chi connectivity index (χ3n) is 6.46. The average Bonchev–Trinajstić information content (AvgIpc) is 3.56. The first-order valence-electron chi connectivity index (χ1n) is 14.1. The van der Waals surface area contributed by atoms with Crippen LogP contribution in [0.2, 0.25) is 0 Å². The summed E-state index contributed by atoms with van der Waals surface area (Å²) >= 11 is 0. The standard InChI is InChI=1S/C19H11F5N2O2.C12H8F3N5O3S/c20-12-6-7-16(15(21)10-12)26-17(27)14-5-2-8-25-18(14)28-13-4-1-3-11(9-13)19(22,23)24;1-23-12-16-5-8(15)10-17-11(18-20(10)12)24(21,22)19-9-6(13)3-2-4-7(9)14/h1-10H,(H,26,27);2-5,19H,1H3. The highest BCUT2D eigenvalue weighted by molar-refractivity contribution is 7.92. The summed E-state index contributed by atoms with van der Waals surface area (Å²) in [6.07, 6.45) is -2.52. The van der Waals surface area contributed by atoms with Gasteiger partial charge in [-0.1, -0.05) is 12.1 Å². The van der Waals surface area contributed by atoms with Gasteiger partial charge in [-0.3, -0.25) is 9.52 Å². The van der Waals surface area contributed by atoms with Gasteiger partial charge in [-0.05, 0) is 54.6 Å². The van der Waals surface area contributed by atoms with Crippen molar-refractivity contribution in [3.8, 4) is 17.6 Å². The average molecular weight is 754 g/mol. The molecule has 3 heterocycles. The minimum atomic E-state index is -4.58. The number of pyridine rings is 1. The van der Waals surface area contributed by atoms with Crippen LogP contribution in [0.25, 0.3) is 5.65 Å². The number of hydrogen-bond donors (Lipinski definition) is 2. The third kappa shape index (κ3) is 8.31. The molecule has 3 aromatic heterocycles. The summed E-state index contributed by atoms with van der Waals surface area (Å²) in [6.45, 7) is 0. The van der Waals surface area contributed by atoms with Crippen molar-refractivity contribution in [1.82, 2.24) is 24.6 Å². The highest BCUT2D eigenvalue weighted by Crippen LogP contribution is 2.33. The minimum absolute atomic E-state index is 0.149. The van der Waals surface area contributed by atoms with E-state index in [0.717, 1.165) is 54.7 Å². The predicted molar refractivity (Wildman–Crippen MR) is 165 cm³/mol. The first-order chi connectivity index (χ1) is 24.6. The van der Waals surface area contributed by atoms with E-state index < -0.39 is 73.2 Å². The Morgan fingerprint density at radius 2 is 1.56 bits per heavy atom. The lowest BCUT2D eigenvalue weighted by atomic mass is 10.2. The number of carbonyl (C=O) groups is 1. The van der Waals surface area contributed by atoms with Crippen molar-refractivity contribution >= 4 is 33.0 Å². The Morgan fingerprint density at radius 1 is 0.846 bits per heavy atom. The molecule has 0 saturated heterocycles. The van der Waals surface area contributed by atoms with E-state index in [9.17, 15) is 48.3 Å². The maximum absolute atomic E-state index is 13.7. The Kier molecular flexibility index (Phi) is 10.5. The molecule has 52 heavy (non-hydrogen) atoms. The zero-order valence-corrected chi connectivity index (χ0v) is 26.6. The van der Waals surface area contributed by atoms with Crippen LogP contribution in [0.5, 0.6) is 17.6 Å². The third-order valence-corrected chi connectivity index (χ3v) is 7.59. The molecule has 0 aliphatic rings. The highest BCUT2D eigenvalue weighted by Gasteiger charge is 2.31. The van der Waals surface area contributed by atoms with Crippen LogP contribution < -0.4 is 19.5 Å². The van der Waals surface area contributed by atoms with Crippen LogP contribution in [0.15, 0.2) is 90.3 Å². The number of aromatic nitrogens is 5. The number of sulfonamides is 1. The van der Waals surface area contributed by atoms with Crippen LogP contribution in [-0.4, -0.2) is 46.0 Å². The molecule has 0 bridgehead atoms. The van der Waals surface area contributed by atoms with Crippen molar-refractivity contribution < 1.29 is 57.8 Å². The van der Waals surface area contributed by atoms with Gasteiger partial charge in [0.15, 0.2) is 11.5 Å². The summed E-state index contributed by atoms with van der Waals surface area (Å²) < 4.78 is 143. The number of anilines is 2. The van der Waals surface area contributed by atoms with Crippen LogP contribution in [0.3, 0.4) is 0 Å². The monoisotopic (exact) mass is 753 g/mol. The number of rotatable bonds is 8. The molecule has 0 fully saturated rings. The molecule has 270 valence electrons. The molecule has 0 saturated carbocycles. The summed E-state index contributed by atoms with van der Waals surface area (Å²) in [6, 6.07) is 11.9. The van der Waals surface area contributed by atoms with Gasteiger partial charge >= 0.3 is 12.2 Å². The van der Waals surface area contributed by atoms with Crippen molar-refractivity contribution in [2.24, 2.45) is 0 Å². The second-order valence-electron chi connectivity index (χ2n) is 9.99. The summed E-state index contributed by atoms with van der Waals surface area (Å²) in [7, 11) is -3.37. The molecule has 3 aromatic carbocycles. The maximum atomic E-state index is 13.7. The van der Waals surface area contributed by atoms with E-state index in [4.69, 9.17) is 9.47 Å². The largest absolute Gasteiger partial charge is 0.467 e. The smallest absolute Gasteiger partial charge is 0.416 e. The van der Waals surface area contributed by atoms with E-state index in [1.54, 1.807) is 4.72 Å². The Hall–Kier alpha value is -6.38. The molecule has 6 aromatic rings. The quantitative estimate of drug-likeness (QED) is 0.161. The molecule has 0 aliphatic carbocycles. The van der Waals surface area contributed by atoms with Gasteiger partial charge in [-0.15, -0.1) is 5.10 Å². The lowest BCUT2D eigenvalue weighted by Crippen LogP contribution is -2.16. The number of carbonyl (C=O) groups excluding carboxylic acids is 1. The van der Waals surface area contributed by atoms with E-state index in [2.05, 4.69) is 25.4 Å². The van der Waals surface area contributed by atoms with Crippen molar-refractivity contribution in [3.05, 3.63) is 125 Å². The number of halogens is 8. The van der Waals surface area contributed by atoms with Crippen molar-refractivity contribution in [2.45, 2.75) is 11.3 Å². The molecule has 0 spiro atoms. The topological polar surface area (TPSA) is 150 Å². The Bertz CT molecular complexity index is 2370. The molecule has 0 atom stereocenters. The Morgan fingerprint density at radius 3 is 2.23 bits per heavy atom. The number of fused-ring (bicyclic) bond motifs is 1. The lowest BCUT2D eigenvalue weighted by molar-refractivity contribution is -0.137. The van der Waals surface area contributed by atoms with Crippen LogP contribution in [0, 0.1) is 29.1 Å².